The number of ether oxygens (including phenoxy) is 2. The molecule has 0 saturated heterocycles. The maximum atomic E-state index is 12.2. The van der Waals surface area contributed by atoms with Crippen molar-refractivity contribution in [1.29, 1.82) is 0 Å². The van der Waals surface area contributed by atoms with E-state index in [0.717, 1.165) is 11.1 Å². The summed E-state index contributed by atoms with van der Waals surface area (Å²) in [6.07, 6.45) is 0.613. The van der Waals surface area contributed by atoms with E-state index in [9.17, 15) is 20.2 Å². The van der Waals surface area contributed by atoms with Gasteiger partial charge in [-0.1, -0.05) is 48.5 Å². The summed E-state index contributed by atoms with van der Waals surface area (Å²) in [4.78, 5) is 22.8. The molecule has 0 fully saturated rings. The summed E-state index contributed by atoms with van der Waals surface area (Å²) in [7, 11) is 0. The number of hydrogen-bond donors (Lipinski definition) is 0. The summed E-state index contributed by atoms with van der Waals surface area (Å²) in [6.45, 7) is -0.0569. The Hall–Kier alpha value is -4.46. The molecule has 0 aromatic heterocycles. The minimum absolute atomic E-state index is 0.0569. The normalized spacial score (nSPS) is 12.1. The molecule has 0 unspecified atom stereocenters. The van der Waals surface area contributed by atoms with E-state index in [2.05, 4.69) is 0 Å². The largest absolute Gasteiger partial charge is 0.454 e. The molecule has 0 N–H and O–H groups in total. The molecular weight excluding hydrogens is 412 g/mol. The van der Waals surface area contributed by atoms with Crippen molar-refractivity contribution in [1.82, 2.24) is 0 Å². The van der Waals surface area contributed by atoms with Crippen LogP contribution in [0.25, 0.3) is 21.9 Å². The van der Waals surface area contributed by atoms with Gasteiger partial charge in [0, 0.05) is 0 Å². The van der Waals surface area contributed by atoms with Gasteiger partial charge in [0.25, 0.3) is 11.4 Å². The quantitative estimate of drug-likeness (QED) is 0.301. The Balaban J connectivity index is 1.72. The molecular formula is C24H16N2O6. The first-order valence-electron chi connectivity index (χ1n) is 9.83. The fraction of sp³-hybridized carbons (Fsp3) is 0.0833. The van der Waals surface area contributed by atoms with E-state index in [1.807, 2.05) is 42.5 Å². The van der Waals surface area contributed by atoms with E-state index >= 15 is 0 Å². The smallest absolute Gasteiger partial charge is 0.285 e. The lowest BCUT2D eigenvalue weighted by Gasteiger charge is -2.10. The van der Waals surface area contributed by atoms with Crippen LogP contribution in [0.1, 0.15) is 11.1 Å². The summed E-state index contributed by atoms with van der Waals surface area (Å²) < 4.78 is 10.6. The molecule has 0 aliphatic carbocycles. The molecule has 0 atom stereocenters. The first-order chi connectivity index (χ1) is 15.5. The SMILES string of the molecule is O=[N+]([O-])c1cc2c(cc1-c1ccc3ccc(Cc4ccccc4)cc3c1[N+](=O)[O-])OCO2. The Morgan fingerprint density at radius 3 is 2.19 bits per heavy atom. The molecule has 0 amide bonds. The number of nitro benzene ring substituents is 2. The molecule has 8 heteroatoms. The van der Waals surface area contributed by atoms with Crippen molar-refractivity contribution in [3.05, 3.63) is 104 Å². The molecule has 1 heterocycles. The van der Waals surface area contributed by atoms with Crippen LogP contribution in [-0.4, -0.2) is 16.6 Å². The van der Waals surface area contributed by atoms with Gasteiger partial charge in [0.1, 0.15) is 0 Å². The molecule has 8 nitrogen and oxygen atoms in total. The molecule has 0 radical (unpaired) electrons. The first-order valence-corrected chi connectivity index (χ1v) is 9.83. The van der Waals surface area contributed by atoms with Crippen LogP contribution in [0.5, 0.6) is 11.5 Å². The summed E-state index contributed by atoms with van der Waals surface area (Å²) in [5, 5.41) is 25.0. The monoisotopic (exact) mass is 428 g/mol. The van der Waals surface area contributed by atoms with Crippen molar-refractivity contribution >= 4 is 22.1 Å². The Morgan fingerprint density at radius 1 is 0.750 bits per heavy atom. The second kappa shape index (κ2) is 7.66. The lowest BCUT2D eigenvalue weighted by molar-refractivity contribution is -0.385. The third kappa shape index (κ3) is 3.37. The Morgan fingerprint density at radius 2 is 1.47 bits per heavy atom. The van der Waals surface area contributed by atoms with Crippen LogP contribution in [0.2, 0.25) is 0 Å². The summed E-state index contributed by atoms with van der Waals surface area (Å²) in [6, 6.07) is 21.3. The van der Waals surface area contributed by atoms with E-state index < -0.39 is 9.85 Å². The van der Waals surface area contributed by atoms with Crippen LogP contribution >= 0.6 is 0 Å². The number of nitro groups is 2. The number of benzene rings is 4. The van der Waals surface area contributed by atoms with Crippen LogP contribution in [0.3, 0.4) is 0 Å². The maximum Gasteiger partial charge on any atom is 0.285 e. The van der Waals surface area contributed by atoms with Crippen molar-refractivity contribution in [2.45, 2.75) is 6.42 Å². The van der Waals surface area contributed by atoms with Gasteiger partial charge in [0.05, 0.1) is 32.4 Å². The second-order valence-corrected chi connectivity index (χ2v) is 7.42. The van der Waals surface area contributed by atoms with Crippen molar-refractivity contribution in [2.24, 2.45) is 0 Å². The van der Waals surface area contributed by atoms with E-state index in [4.69, 9.17) is 9.47 Å². The second-order valence-electron chi connectivity index (χ2n) is 7.42. The standard InChI is InChI=1S/C24H16N2O6/c27-25(28)21-13-23-22(31-14-32-23)12-20(21)18-9-8-17-7-6-16(10-15-4-2-1-3-5-15)11-19(17)24(18)26(29)30/h1-9,11-13H,10,14H2. The highest BCUT2D eigenvalue weighted by Crippen LogP contribution is 2.46. The van der Waals surface area contributed by atoms with Gasteiger partial charge in [0.15, 0.2) is 11.5 Å². The molecule has 32 heavy (non-hydrogen) atoms. The lowest BCUT2D eigenvalue weighted by Crippen LogP contribution is -1.98. The Kier molecular flexibility index (Phi) is 4.67. The van der Waals surface area contributed by atoms with Crippen molar-refractivity contribution in [2.75, 3.05) is 6.79 Å². The summed E-state index contributed by atoms with van der Waals surface area (Å²) >= 11 is 0. The number of nitrogens with zero attached hydrogens (tertiary/aromatic N) is 2. The highest BCUT2D eigenvalue weighted by molar-refractivity contribution is 6.00. The highest BCUT2D eigenvalue weighted by atomic mass is 16.7. The van der Waals surface area contributed by atoms with Crippen LogP contribution in [0, 0.1) is 20.2 Å². The molecule has 0 saturated carbocycles. The summed E-state index contributed by atoms with van der Waals surface area (Å²) in [5.41, 5.74) is 1.79. The van der Waals surface area contributed by atoms with Gasteiger partial charge in [-0.2, -0.15) is 0 Å². The predicted molar refractivity (Wildman–Crippen MR) is 118 cm³/mol. The molecule has 1 aliphatic rings. The third-order valence-electron chi connectivity index (χ3n) is 5.47. The lowest BCUT2D eigenvalue weighted by atomic mass is 9.94. The molecule has 1 aliphatic heterocycles. The zero-order valence-electron chi connectivity index (χ0n) is 16.7. The van der Waals surface area contributed by atoms with Crippen LogP contribution in [0.15, 0.2) is 72.8 Å². The fourth-order valence-electron chi connectivity index (χ4n) is 4.00. The van der Waals surface area contributed by atoms with Gasteiger partial charge in [-0.05, 0) is 41.1 Å². The number of hydrogen-bond acceptors (Lipinski definition) is 6. The van der Waals surface area contributed by atoms with Crippen LogP contribution < -0.4 is 9.47 Å². The molecule has 0 spiro atoms. The highest BCUT2D eigenvalue weighted by Gasteiger charge is 2.29. The predicted octanol–water partition coefficient (Wildman–Crippen LogP) is 5.64. The number of rotatable bonds is 5. The topological polar surface area (TPSA) is 105 Å². The summed E-state index contributed by atoms with van der Waals surface area (Å²) in [5.74, 6) is 0.562. The number of fused-ring (bicyclic) bond motifs is 2. The average Bonchev–Trinajstić information content (AvgIpc) is 3.25. The zero-order valence-corrected chi connectivity index (χ0v) is 16.7. The van der Waals surface area contributed by atoms with Crippen molar-refractivity contribution in [3.8, 4) is 22.6 Å². The van der Waals surface area contributed by atoms with Gasteiger partial charge in [0.2, 0.25) is 6.79 Å². The molecule has 0 bridgehead atoms. The van der Waals surface area contributed by atoms with E-state index in [-0.39, 0.29) is 35.0 Å². The van der Waals surface area contributed by atoms with Gasteiger partial charge < -0.3 is 9.47 Å². The van der Waals surface area contributed by atoms with Gasteiger partial charge in [-0.3, -0.25) is 20.2 Å². The minimum Gasteiger partial charge on any atom is -0.454 e. The molecule has 5 rings (SSSR count). The maximum absolute atomic E-state index is 12.2. The molecule has 158 valence electrons. The van der Waals surface area contributed by atoms with Crippen LogP contribution in [0.4, 0.5) is 11.4 Å². The van der Waals surface area contributed by atoms with Gasteiger partial charge >= 0.3 is 0 Å². The zero-order chi connectivity index (χ0) is 22.2. The fourth-order valence-corrected chi connectivity index (χ4v) is 4.00. The van der Waals surface area contributed by atoms with Crippen LogP contribution in [-0.2, 0) is 6.42 Å². The van der Waals surface area contributed by atoms with Crippen molar-refractivity contribution in [3.63, 3.8) is 0 Å². The van der Waals surface area contributed by atoms with Crippen molar-refractivity contribution < 1.29 is 19.3 Å². The first kappa shape index (κ1) is 19.5. The Labute approximate surface area is 181 Å². The van der Waals surface area contributed by atoms with E-state index in [1.165, 1.54) is 12.1 Å². The third-order valence-corrected chi connectivity index (χ3v) is 5.47. The molecule has 4 aromatic rings. The molecule has 4 aromatic carbocycles. The van der Waals surface area contributed by atoms with E-state index in [1.54, 1.807) is 18.2 Å². The Bertz CT molecular complexity index is 1380. The van der Waals surface area contributed by atoms with E-state index in [0.29, 0.717) is 22.9 Å². The average molecular weight is 428 g/mol. The van der Waals surface area contributed by atoms with Gasteiger partial charge in [-0.15, -0.1) is 0 Å². The van der Waals surface area contributed by atoms with Gasteiger partial charge in [-0.25, -0.2) is 0 Å². The minimum atomic E-state index is -0.572.